The van der Waals surface area contributed by atoms with Gasteiger partial charge in [0.05, 0.1) is 0 Å². The molecule has 4 heteroatoms. The highest BCUT2D eigenvalue weighted by Crippen LogP contribution is 2.27. The number of phenolic OH excluding ortho intramolecular Hbond substituents is 1. The van der Waals surface area contributed by atoms with E-state index >= 15 is 0 Å². The summed E-state index contributed by atoms with van der Waals surface area (Å²) in [6.07, 6.45) is 5.36. The molecule has 0 aliphatic heterocycles. The first-order chi connectivity index (χ1) is 8.83. The number of aromatic hydroxyl groups is 1. The van der Waals surface area contributed by atoms with Crippen LogP contribution < -0.4 is 0 Å². The van der Waals surface area contributed by atoms with Crippen molar-refractivity contribution in [2.75, 3.05) is 0 Å². The van der Waals surface area contributed by atoms with Gasteiger partial charge in [-0.25, -0.2) is 4.98 Å². The SMILES string of the molecule is Oc1cccc(-c2cncc(-c3nccs3)c2)c1. The second-order valence-electron chi connectivity index (χ2n) is 3.85. The lowest BCUT2D eigenvalue weighted by molar-refractivity contribution is 0.475. The van der Waals surface area contributed by atoms with Gasteiger partial charge in [0.1, 0.15) is 10.8 Å². The van der Waals surface area contributed by atoms with E-state index in [0.29, 0.717) is 0 Å². The molecule has 0 saturated heterocycles. The average Bonchev–Trinajstić information content (AvgIpc) is 2.93. The van der Waals surface area contributed by atoms with Crippen LogP contribution in [0.4, 0.5) is 0 Å². The number of hydrogen-bond acceptors (Lipinski definition) is 4. The van der Waals surface area contributed by atoms with Crippen LogP contribution in [0.15, 0.2) is 54.3 Å². The Labute approximate surface area is 108 Å². The van der Waals surface area contributed by atoms with Crippen LogP contribution in [0, 0.1) is 0 Å². The zero-order valence-corrected chi connectivity index (χ0v) is 10.3. The van der Waals surface area contributed by atoms with Gasteiger partial charge in [-0.3, -0.25) is 4.98 Å². The van der Waals surface area contributed by atoms with Crippen LogP contribution in [0.1, 0.15) is 0 Å². The Morgan fingerprint density at radius 3 is 2.67 bits per heavy atom. The van der Waals surface area contributed by atoms with E-state index in [1.807, 2.05) is 23.6 Å². The standard InChI is InChI=1S/C14H10N2OS/c17-13-3-1-2-10(7-13)11-6-12(9-15-8-11)14-16-4-5-18-14/h1-9,17H. The van der Waals surface area contributed by atoms with Gasteiger partial charge >= 0.3 is 0 Å². The van der Waals surface area contributed by atoms with Crippen LogP contribution in [-0.2, 0) is 0 Å². The summed E-state index contributed by atoms with van der Waals surface area (Å²) in [5, 5.41) is 12.4. The fourth-order valence-electron chi connectivity index (χ4n) is 1.77. The number of phenols is 1. The maximum atomic E-state index is 9.50. The summed E-state index contributed by atoms with van der Waals surface area (Å²) in [6, 6.07) is 9.17. The molecule has 3 nitrogen and oxygen atoms in total. The van der Waals surface area contributed by atoms with Gasteiger partial charge in [-0.2, -0.15) is 0 Å². The van der Waals surface area contributed by atoms with E-state index in [9.17, 15) is 5.11 Å². The number of aromatic nitrogens is 2. The number of hydrogen-bond donors (Lipinski definition) is 1. The van der Waals surface area contributed by atoms with Crippen molar-refractivity contribution in [2.45, 2.75) is 0 Å². The van der Waals surface area contributed by atoms with Crippen LogP contribution in [-0.4, -0.2) is 15.1 Å². The van der Waals surface area contributed by atoms with E-state index in [-0.39, 0.29) is 5.75 Å². The highest BCUT2D eigenvalue weighted by Gasteiger charge is 2.04. The predicted molar refractivity (Wildman–Crippen MR) is 72.4 cm³/mol. The Kier molecular flexibility index (Phi) is 2.78. The van der Waals surface area contributed by atoms with Crippen molar-refractivity contribution in [3.8, 4) is 27.4 Å². The molecule has 0 bridgehead atoms. The van der Waals surface area contributed by atoms with Crippen molar-refractivity contribution < 1.29 is 5.11 Å². The molecule has 0 unspecified atom stereocenters. The van der Waals surface area contributed by atoms with Crippen LogP contribution in [0.5, 0.6) is 5.75 Å². The maximum absolute atomic E-state index is 9.50. The summed E-state index contributed by atoms with van der Waals surface area (Å²) >= 11 is 1.58. The normalized spacial score (nSPS) is 10.4. The molecule has 0 amide bonds. The fraction of sp³-hybridized carbons (Fsp3) is 0. The molecule has 3 rings (SSSR count). The van der Waals surface area contributed by atoms with Gasteiger partial charge in [-0.05, 0) is 23.8 Å². The zero-order chi connectivity index (χ0) is 12.4. The first-order valence-electron chi connectivity index (χ1n) is 5.47. The largest absolute Gasteiger partial charge is 0.508 e. The summed E-state index contributed by atoms with van der Waals surface area (Å²) in [4.78, 5) is 8.50. The van der Waals surface area contributed by atoms with Crippen LogP contribution in [0.3, 0.4) is 0 Å². The molecular weight excluding hydrogens is 244 g/mol. The molecule has 0 radical (unpaired) electrons. The molecule has 0 aliphatic rings. The van der Waals surface area contributed by atoms with E-state index in [1.54, 1.807) is 42.1 Å². The molecule has 88 valence electrons. The van der Waals surface area contributed by atoms with E-state index in [1.165, 1.54) is 0 Å². The van der Waals surface area contributed by atoms with Crippen molar-refractivity contribution >= 4 is 11.3 Å². The molecule has 2 aromatic heterocycles. The Balaban J connectivity index is 2.06. The van der Waals surface area contributed by atoms with Crippen molar-refractivity contribution in [1.82, 2.24) is 9.97 Å². The highest BCUT2D eigenvalue weighted by molar-refractivity contribution is 7.13. The maximum Gasteiger partial charge on any atom is 0.124 e. The van der Waals surface area contributed by atoms with Gasteiger partial charge in [0.15, 0.2) is 0 Å². The quantitative estimate of drug-likeness (QED) is 0.760. The number of rotatable bonds is 2. The molecule has 0 fully saturated rings. The Morgan fingerprint density at radius 1 is 1.00 bits per heavy atom. The molecule has 1 aromatic carbocycles. The highest BCUT2D eigenvalue weighted by atomic mass is 32.1. The third kappa shape index (κ3) is 2.10. The molecule has 0 saturated carbocycles. The van der Waals surface area contributed by atoms with Gasteiger partial charge in [0, 0.05) is 35.1 Å². The minimum atomic E-state index is 0.257. The predicted octanol–water partition coefficient (Wildman–Crippen LogP) is 3.58. The Bertz CT molecular complexity index is 665. The summed E-state index contributed by atoms with van der Waals surface area (Å²) in [6.45, 7) is 0. The molecule has 2 heterocycles. The topological polar surface area (TPSA) is 46.0 Å². The number of pyridine rings is 1. The molecule has 3 aromatic rings. The number of nitrogens with zero attached hydrogens (tertiary/aromatic N) is 2. The van der Waals surface area contributed by atoms with Gasteiger partial charge in [0.25, 0.3) is 0 Å². The van der Waals surface area contributed by atoms with Crippen molar-refractivity contribution in [1.29, 1.82) is 0 Å². The second-order valence-corrected chi connectivity index (χ2v) is 4.74. The third-order valence-electron chi connectivity index (χ3n) is 2.60. The minimum absolute atomic E-state index is 0.257. The molecule has 0 atom stereocenters. The lowest BCUT2D eigenvalue weighted by atomic mass is 10.1. The van der Waals surface area contributed by atoms with Crippen molar-refractivity contribution in [3.63, 3.8) is 0 Å². The first kappa shape index (κ1) is 10.9. The van der Waals surface area contributed by atoms with Crippen molar-refractivity contribution in [2.24, 2.45) is 0 Å². The van der Waals surface area contributed by atoms with E-state index in [0.717, 1.165) is 21.7 Å². The van der Waals surface area contributed by atoms with E-state index in [2.05, 4.69) is 9.97 Å². The molecule has 1 N–H and O–H groups in total. The third-order valence-corrected chi connectivity index (χ3v) is 3.42. The molecule has 0 aliphatic carbocycles. The fourth-order valence-corrected chi connectivity index (χ4v) is 2.39. The lowest BCUT2D eigenvalue weighted by Gasteiger charge is -2.03. The monoisotopic (exact) mass is 254 g/mol. The van der Waals surface area contributed by atoms with Gasteiger partial charge < -0.3 is 5.11 Å². The van der Waals surface area contributed by atoms with Crippen molar-refractivity contribution in [3.05, 3.63) is 54.3 Å². The Morgan fingerprint density at radius 2 is 1.89 bits per heavy atom. The van der Waals surface area contributed by atoms with Crippen LogP contribution in [0.25, 0.3) is 21.7 Å². The average molecular weight is 254 g/mol. The number of benzene rings is 1. The van der Waals surface area contributed by atoms with Crippen LogP contribution in [0.2, 0.25) is 0 Å². The zero-order valence-electron chi connectivity index (χ0n) is 9.45. The van der Waals surface area contributed by atoms with E-state index < -0.39 is 0 Å². The summed E-state index contributed by atoms with van der Waals surface area (Å²) in [5.41, 5.74) is 2.91. The Hall–Kier alpha value is -2.20. The number of thiazole rings is 1. The summed E-state index contributed by atoms with van der Waals surface area (Å²) in [5.74, 6) is 0.257. The van der Waals surface area contributed by atoms with E-state index in [4.69, 9.17) is 0 Å². The molecule has 0 spiro atoms. The first-order valence-corrected chi connectivity index (χ1v) is 6.35. The molecule has 18 heavy (non-hydrogen) atoms. The van der Waals surface area contributed by atoms with Gasteiger partial charge in [0.2, 0.25) is 0 Å². The lowest BCUT2D eigenvalue weighted by Crippen LogP contribution is -1.83. The van der Waals surface area contributed by atoms with Gasteiger partial charge in [-0.15, -0.1) is 11.3 Å². The molecular formula is C14H10N2OS. The summed E-state index contributed by atoms with van der Waals surface area (Å²) in [7, 11) is 0. The second kappa shape index (κ2) is 4.58. The summed E-state index contributed by atoms with van der Waals surface area (Å²) < 4.78 is 0. The van der Waals surface area contributed by atoms with Crippen LogP contribution >= 0.6 is 11.3 Å². The van der Waals surface area contributed by atoms with Gasteiger partial charge in [-0.1, -0.05) is 12.1 Å². The minimum Gasteiger partial charge on any atom is -0.508 e. The smallest absolute Gasteiger partial charge is 0.124 e.